The van der Waals surface area contributed by atoms with E-state index in [1.54, 1.807) is 35.8 Å². The number of ether oxygens (including phenoxy) is 2. The number of hydrogen-bond donors (Lipinski definition) is 0. The molecule has 0 saturated carbocycles. The average Bonchev–Trinajstić information content (AvgIpc) is 3.75. The third-order valence-electron chi connectivity index (χ3n) is 9.58. The Morgan fingerprint density at radius 1 is 1.00 bits per heavy atom. The minimum Gasteiger partial charge on any atom is -0.491 e. The first-order valence-corrected chi connectivity index (χ1v) is 18.8. The predicted molar refractivity (Wildman–Crippen MR) is 192 cm³/mol. The monoisotopic (exact) mass is 696 g/mol. The van der Waals surface area contributed by atoms with Gasteiger partial charge in [0, 0.05) is 82.3 Å². The van der Waals surface area contributed by atoms with Crippen molar-refractivity contribution in [1.82, 2.24) is 29.1 Å². The van der Waals surface area contributed by atoms with Gasteiger partial charge in [0.15, 0.2) is 0 Å². The van der Waals surface area contributed by atoms with E-state index in [4.69, 9.17) is 19.7 Å². The van der Waals surface area contributed by atoms with Gasteiger partial charge in [-0.15, -0.1) is 23.5 Å². The Morgan fingerprint density at radius 3 is 2.78 bits per heavy atom. The van der Waals surface area contributed by atoms with Gasteiger partial charge in [-0.25, -0.2) is 9.18 Å². The van der Waals surface area contributed by atoms with Crippen molar-refractivity contribution in [2.75, 3.05) is 13.7 Å². The third kappa shape index (κ3) is 5.78. The molecule has 9 nitrogen and oxygen atoms in total. The van der Waals surface area contributed by atoms with Crippen LogP contribution in [-0.4, -0.2) is 48.8 Å². The zero-order valence-corrected chi connectivity index (χ0v) is 29.4. The Balaban J connectivity index is 1.27. The van der Waals surface area contributed by atoms with E-state index in [2.05, 4.69) is 33.9 Å². The molecule has 12 heteroatoms. The van der Waals surface area contributed by atoms with Crippen LogP contribution in [0.3, 0.4) is 0 Å². The maximum Gasteiger partial charge on any atom is 0.354 e. The minimum absolute atomic E-state index is 0.323. The first-order valence-electron chi connectivity index (χ1n) is 16.6. The van der Waals surface area contributed by atoms with Gasteiger partial charge < -0.3 is 14.0 Å². The van der Waals surface area contributed by atoms with Crippen molar-refractivity contribution < 1.29 is 18.7 Å². The van der Waals surface area contributed by atoms with Crippen molar-refractivity contribution in [2.24, 2.45) is 14.1 Å². The second kappa shape index (κ2) is 13.2. The van der Waals surface area contributed by atoms with E-state index in [0.29, 0.717) is 47.7 Å². The van der Waals surface area contributed by atoms with Gasteiger partial charge in [-0.2, -0.15) is 10.2 Å². The number of aromatic nitrogens is 6. The molecule has 0 spiro atoms. The van der Waals surface area contributed by atoms with E-state index >= 15 is 4.39 Å². The van der Waals surface area contributed by atoms with E-state index in [-0.39, 0.29) is 5.82 Å². The average molecular weight is 697 g/mol. The number of esters is 1. The number of pyridine rings is 1. The molecule has 0 saturated heterocycles. The molecule has 6 heterocycles. The van der Waals surface area contributed by atoms with Crippen molar-refractivity contribution in [1.29, 1.82) is 0 Å². The molecule has 0 unspecified atom stereocenters. The van der Waals surface area contributed by atoms with Crippen LogP contribution in [0.25, 0.3) is 32.9 Å². The van der Waals surface area contributed by atoms with Crippen LogP contribution in [-0.2, 0) is 55.5 Å². The van der Waals surface area contributed by atoms with Crippen LogP contribution in [0.5, 0.6) is 5.75 Å². The summed E-state index contributed by atoms with van der Waals surface area (Å²) >= 11 is 3.48. The van der Waals surface area contributed by atoms with Crippen molar-refractivity contribution in [3.05, 3.63) is 88.5 Å². The standard InChI is InChI=1S/C37H37FN6O3S2/c1-42-35-27-11-12-28(38)32(35)33-29(41-44-14-5-4-10-30(33)44)21-48-19-23-17-24(43(2)40-23)20-49-25-16-22-8-6-13-39-34(22)31(18-25)47-15-7-9-26(27)36(42)37(45)46-3/h6,8,11-13,16-18H,4-5,7,9-10,14-15,19-21H2,1-3H3. The molecule has 8 rings (SSSR count). The van der Waals surface area contributed by atoms with Crippen molar-refractivity contribution in [3.8, 4) is 16.9 Å². The van der Waals surface area contributed by atoms with Crippen LogP contribution < -0.4 is 4.74 Å². The second-order valence-electron chi connectivity index (χ2n) is 12.6. The molecule has 6 aromatic rings. The number of benzene rings is 2. The zero-order valence-electron chi connectivity index (χ0n) is 27.8. The number of methoxy groups -OCH3 is 1. The van der Waals surface area contributed by atoms with Crippen LogP contribution in [0.2, 0.25) is 0 Å². The van der Waals surface area contributed by atoms with Gasteiger partial charge in [0.05, 0.1) is 30.6 Å². The summed E-state index contributed by atoms with van der Waals surface area (Å²) in [6.45, 7) is 1.22. The zero-order chi connectivity index (χ0) is 33.6. The first kappa shape index (κ1) is 31.9. The lowest BCUT2D eigenvalue weighted by Gasteiger charge is -2.16. The van der Waals surface area contributed by atoms with E-state index in [1.807, 2.05) is 29.4 Å². The highest BCUT2D eigenvalue weighted by Gasteiger charge is 2.30. The van der Waals surface area contributed by atoms with Crippen LogP contribution in [0.1, 0.15) is 58.1 Å². The summed E-state index contributed by atoms with van der Waals surface area (Å²) in [4.78, 5) is 19.1. The SMILES string of the molecule is COC(=O)c1c2c3ccc(F)c(c3n1C)-c1c(nn3c1CCCC3)CSCc1cc(n(C)n1)CSc1cc(c3ncccc3c1)OCCC2. The van der Waals surface area contributed by atoms with Gasteiger partial charge in [0.2, 0.25) is 0 Å². The maximum atomic E-state index is 16.3. The van der Waals surface area contributed by atoms with Gasteiger partial charge in [-0.05, 0) is 74.1 Å². The van der Waals surface area contributed by atoms with Crippen molar-refractivity contribution in [2.45, 2.75) is 60.8 Å². The molecule has 2 aliphatic rings. The number of nitrogens with zero attached hydrogens (tertiary/aromatic N) is 6. The molecule has 0 N–H and O–H groups in total. The summed E-state index contributed by atoms with van der Waals surface area (Å²) in [7, 11) is 5.21. The number of carbonyl (C=O) groups excluding carboxylic acids is 1. The normalized spacial score (nSPS) is 15.4. The molecule has 0 fully saturated rings. The number of aryl methyl sites for hydroxylation is 4. The van der Waals surface area contributed by atoms with Crippen molar-refractivity contribution in [3.63, 3.8) is 0 Å². The number of hydrogen-bond acceptors (Lipinski definition) is 8. The van der Waals surface area contributed by atoms with Crippen LogP contribution in [0.15, 0.2) is 53.6 Å². The number of thioether (sulfide) groups is 2. The molecule has 0 radical (unpaired) electrons. The Kier molecular flexibility index (Phi) is 8.61. The van der Waals surface area contributed by atoms with Gasteiger partial charge in [-0.1, -0.05) is 6.07 Å². The fraction of sp³-hybridized carbons (Fsp3) is 0.351. The molecule has 2 aromatic carbocycles. The molecule has 0 aliphatic carbocycles. The molecule has 8 bridgehead atoms. The van der Waals surface area contributed by atoms with E-state index in [0.717, 1.165) is 92.4 Å². The topological polar surface area (TPSA) is 89.0 Å². The molecular formula is C37H37FN6O3S2. The lowest BCUT2D eigenvalue weighted by Crippen LogP contribution is -2.12. The van der Waals surface area contributed by atoms with E-state index in [9.17, 15) is 4.79 Å². The van der Waals surface area contributed by atoms with Crippen LogP contribution in [0, 0.1) is 5.82 Å². The van der Waals surface area contributed by atoms with Gasteiger partial charge in [-0.3, -0.25) is 14.3 Å². The van der Waals surface area contributed by atoms with Gasteiger partial charge in [0.1, 0.15) is 22.8 Å². The molecule has 2 aliphatic heterocycles. The summed E-state index contributed by atoms with van der Waals surface area (Å²) in [6.07, 6.45) is 5.85. The van der Waals surface area contributed by atoms with E-state index in [1.165, 1.54) is 13.2 Å². The van der Waals surface area contributed by atoms with E-state index < -0.39 is 5.97 Å². The highest BCUT2D eigenvalue weighted by Crippen LogP contribution is 2.42. The lowest BCUT2D eigenvalue weighted by atomic mass is 9.95. The highest BCUT2D eigenvalue weighted by atomic mass is 32.2. The Labute approximate surface area is 292 Å². The fourth-order valence-electron chi connectivity index (χ4n) is 7.33. The maximum absolute atomic E-state index is 16.3. The number of carbonyl (C=O) groups is 1. The predicted octanol–water partition coefficient (Wildman–Crippen LogP) is 7.64. The largest absolute Gasteiger partial charge is 0.491 e. The Hall–Kier alpha value is -4.29. The quantitative estimate of drug-likeness (QED) is 0.162. The summed E-state index contributed by atoms with van der Waals surface area (Å²) in [6, 6.07) is 13.7. The number of rotatable bonds is 1. The second-order valence-corrected chi connectivity index (χ2v) is 14.7. The van der Waals surface area contributed by atoms with Crippen LogP contribution in [0.4, 0.5) is 4.39 Å². The molecule has 4 aromatic heterocycles. The summed E-state index contributed by atoms with van der Waals surface area (Å²) in [5, 5.41) is 11.7. The summed E-state index contributed by atoms with van der Waals surface area (Å²) < 4.78 is 33.9. The smallest absolute Gasteiger partial charge is 0.354 e. The third-order valence-corrected chi connectivity index (χ3v) is 11.6. The minimum atomic E-state index is -0.446. The summed E-state index contributed by atoms with van der Waals surface area (Å²) in [5.74, 6) is 2.02. The Morgan fingerprint density at radius 2 is 1.90 bits per heavy atom. The molecule has 0 atom stereocenters. The molecular weight excluding hydrogens is 660 g/mol. The molecule has 49 heavy (non-hydrogen) atoms. The molecule has 0 amide bonds. The van der Waals surface area contributed by atoms with Gasteiger partial charge in [0.25, 0.3) is 0 Å². The number of halogens is 1. The van der Waals surface area contributed by atoms with Gasteiger partial charge >= 0.3 is 5.97 Å². The lowest BCUT2D eigenvalue weighted by molar-refractivity contribution is 0.0589. The first-order chi connectivity index (χ1) is 23.9. The Bertz CT molecular complexity index is 2240. The summed E-state index contributed by atoms with van der Waals surface area (Å²) in [5.41, 5.74) is 8.16. The van der Waals surface area contributed by atoms with Crippen molar-refractivity contribution >= 4 is 51.3 Å². The fourth-order valence-corrected chi connectivity index (χ4v) is 9.16. The molecule has 252 valence electrons. The van der Waals surface area contributed by atoms with Crippen LogP contribution >= 0.6 is 23.5 Å². The number of fused-ring (bicyclic) bond motifs is 10. The highest BCUT2D eigenvalue weighted by molar-refractivity contribution is 7.98.